The second-order valence-corrected chi connectivity index (χ2v) is 7.93. The van der Waals surface area contributed by atoms with Gasteiger partial charge in [0.05, 0.1) is 10.3 Å². The van der Waals surface area contributed by atoms with E-state index in [1.807, 2.05) is 0 Å². The zero-order valence-electron chi connectivity index (χ0n) is 10.00. The molecule has 0 saturated carbocycles. The maximum absolute atomic E-state index is 12.2. The number of nitrogens with zero attached hydrogens (tertiary/aromatic N) is 3. The summed E-state index contributed by atoms with van der Waals surface area (Å²) in [4.78, 5) is 0.992. The topological polar surface area (TPSA) is 103 Å². The largest absolute Gasteiger partial charge is 0.326 e. The van der Waals surface area contributed by atoms with E-state index in [2.05, 4.69) is 30.8 Å². The van der Waals surface area contributed by atoms with E-state index < -0.39 is 10.0 Å². The highest BCUT2D eigenvalue weighted by Crippen LogP contribution is 2.31. The quantitative estimate of drug-likeness (QED) is 0.806. The van der Waals surface area contributed by atoms with Crippen molar-refractivity contribution in [2.75, 3.05) is 0 Å². The molecule has 0 radical (unpaired) electrons. The van der Waals surface area contributed by atoms with Gasteiger partial charge < -0.3 is 10.3 Å². The molecule has 0 bridgehead atoms. The number of nitrogens with two attached hydrogens (primary N) is 1. The average Bonchev–Trinajstić information content (AvgIpc) is 2.93. The fourth-order valence-electron chi connectivity index (χ4n) is 1.39. The average molecular weight is 366 g/mol. The van der Waals surface area contributed by atoms with Gasteiger partial charge in [0.2, 0.25) is 10.0 Å². The summed E-state index contributed by atoms with van der Waals surface area (Å²) < 4.78 is 29.0. The number of hydrogen-bond acceptors (Lipinski definition) is 6. The van der Waals surface area contributed by atoms with Crippen molar-refractivity contribution in [3.05, 3.63) is 26.9 Å². The molecule has 0 atom stereocenters. The molecule has 2 aromatic heterocycles. The fourth-order valence-corrected chi connectivity index (χ4v) is 4.93. The van der Waals surface area contributed by atoms with Gasteiger partial charge in [0.25, 0.3) is 0 Å². The zero-order chi connectivity index (χ0) is 14.0. The molecule has 0 unspecified atom stereocenters. The van der Waals surface area contributed by atoms with Crippen LogP contribution in [0.5, 0.6) is 0 Å². The smallest absolute Gasteiger partial charge is 0.242 e. The van der Waals surface area contributed by atoms with Gasteiger partial charge in [-0.05, 0) is 22.0 Å². The van der Waals surface area contributed by atoms with Crippen LogP contribution in [0.15, 0.2) is 21.1 Å². The normalized spacial score (nSPS) is 11.9. The van der Waals surface area contributed by atoms with Crippen LogP contribution in [0.4, 0.5) is 0 Å². The number of nitrogens with one attached hydrogen (secondary N) is 1. The first-order chi connectivity index (χ1) is 8.94. The van der Waals surface area contributed by atoms with Gasteiger partial charge in [0.1, 0.15) is 17.0 Å². The van der Waals surface area contributed by atoms with E-state index in [0.717, 1.165) is 4.88 Å². The first-order valence-electron chi connectivity index (χ1n) is 5.25. The Labute approximate surface area is 123 Å². The predicted molar refractivity (Wildman–Crippen MR) is 74.9 cm³/mol. The van der Waals surface area contributed by atoms with E-state index in [1.54, 1.807) is 17.7 Å². The molecule has 0 fully saturated rings. The third-order valence-electron chi connectivity index (χ3n) is 2.42. The van der Waals surface area contributed by atoms with E-state index in [0.29, 0.717) is 16.2 Å². The van der Waals surface area contributed by atoms with Crippen molar-refractivity contribution in [1.29, 1.82) is 0 Å². The minimum atomic E-state index is -3.60. The summed E-state index contributed by atoms with van der Waals surface area (Å²) in [5.41, 5.74) is 5.50. The van der Waals surface area contributed by atoms with Crippen LogP contribution in [0.2, 0.25) is 0 Å². The van der Waals surface area contributed by atoms with Crippen LogP contribution in [0, 0.1) is 0 Å². The van der Waals surface area contributed by atoms with Crippen LogP contribution in [0.25, 0.3) is 0 Å². The highest BCUT2D eigenvalue weighted by atomic mass is 79.9. The minimum absolute atomic E-state index is 0.0824. The van der Waals surface area contributed by atoms with E-state index in [-0.39, 0.29) is 11.4 Å². The van der Waals surface area contributed by atoms with Gasteiger partial charge in [0.15, 0.2) is 0 Å². The Kier molecular flexibility index (Phi) is 4.36. The summed E-state index contributed by atoms with van der Waals surface area (Å²) in [5.74, 6) is 0.536. The van der Waals surface area contributed by atoms with Crippen molar-refractivity contribution < 1.29 is 8.42 Å². The monoisotopic (exact) mass is 365 g/mol. The lowest BCUT2D eigenvalue weighted by Crippen LogP contribution is -2.24. The molecule has 0 spiro atoms. The SMILES string of the molecule is Cn1cnnc1CNS(=O)(=O)c1cc(CN)sc1Br. The highest BCUT2D eigenvalue weighted by molar-refractivity contribution is 9.11. The third kappa shape index (κ3) is 3.20. The lowest BCUT2D eigenvalue weighted by Gasteiger charge is -2.05. The lowest BCUT2D eigenvalue weighted by molar-refractivity contribution is 0.577. The molecule has 0 amide bonds. The summed E-state index contributed by atoms with van der Waals surface area (Å²) in [5, 5.41) is 7.50. The first kappa shape index (κ1) is 14.6. The Morgan fingerprint density at radius 2 is 2.32 bits per heavy atom. The number of aromatic nitrogens is 3. The second-order valence-electron chi connectivity index (χ2n) is 3.74. The molecule has 0 aliphatic heterocycles. The molecule has 10 heteroatoms. The summed E-state index contributed by atoms with van der Waals surface area (Å²) in [6.45, 7) is 0.390. The zero-order valence-corrected chi connectivity index (χ0v) is 13.2. The minimum Gasteiger partial charge on any atom is -0.326 e. The van der Waals surface area contributed by atoms with Gasteiger partial charge >= 0.3 is 0 Å². The molecule has 2 aromatic rings. The van der Waals surface area contributed by atoms with Gasteiger partial charge in [-0.15, -0.1) is 21.5 Å². The maximum Gasteiger partial charge on any atom is 0.242 e. The third-order valence-corrected chi connectivity index (χ3v) is 6.10. The molecule has 0 aromatic carbocycles. The van der Waals surface area contributed by atoms with Crippen molar-refractivity contribution in [3.8, 4) is 0 Å². The summed E-state index contributed by atoms with van der Waals surface area (Å²) >= 11 is 4.54. The molecule has 19 heavy (non-hydrogen) atoms. The van der Waals surface area contributed by atoms with E-state index >= 15 is 0 Å². The van der Waals surface area contributed by atoms with Crippen molar-refractivity contribution >= 4 is 37.3 Å². The molecule has 2 rings (SSSR count). The van der Waals surface area contributed by atoms with Crippen LogP contribution < -0.4 is 10.5 Å². The van der Waals surface area contributed by atoms with Gasteiger partial charge in [-0.3, -0.25) is 0 Å². The summed E-state index contributed by atoms with van der Waals surface area (Å²) in [6, 6.07) is 1.56. The van der Waals surface area contributed by atoms with Crippen molar-refractivity contribution in [2.24, 2.45) is 12.8 Å². The maximum atomic E-state index is 12.2. The van der Waals surface area contributed by atoms with E-state index in [1.165, 1.54) is 17.7 Å². The van der Waals surface area contributed by atoms with Gasteiger partial charge in [0, 0.05) is 18.5 Å². The fraction of sp³-hybridized carbons (Fsp3) is 0.333. The molecular weight excluding hydrogens is 354 g/mol. The lowest BCUT2D eigenvalue weighted by atomic mass is 10.5. The van der Waals surface area contributed by atoms with Crippen LogP contribution in [0.1, 0.15) is 10.7 Å². The van der Waals surface area contributed by atoms with Crippen molar-refractivity contribution in [1.82, 2.24) is 19.5 Å². The Bertz CT molecular complexity index is 679. The highest BCUT2D eigenvalue weighted by Gasteiger charge is 2.21. The van der Waals surface area contributed by atoms with Gasteiger partial charge in [-0.2, -0.15) is 0 Å². The standard InChI is InChI=1S/C9H12BrN5O2S2/c1-15-5-12-14-8(15)4-13-19(16,17)7-2-6(3-11)18-9(7)10/h2,5,13H,3-4,11H2,1H3. The molecule has 3 N–H and O–H groups in total. The molecule has 0 aliphatic carbocycles. The molecule has 2 heterocycles. The number of aryl methyl sites for hydroxylation is 1. The second kappa shape index (κ2) is 5.67. The van der Waals surface area contributed by atoms with Gasteiger partial charge in [-0.25, -0.2) is 13.1 Å². The Morgan fingerprint density at radius 3 is 2.84 bits per heavy atom. The molecular formula is C9H12BrN5O2S2. The van der Waals surface area contributed by atoms with Crippen molar-refractivity contribution in [2.45, 2.75) is 18.0 Å². The van der Waals surface area contributed by atoms with E-state index in [9.17, 15) is 8.42 Å². The number of hydrogen-bond donors (Lipinski definition) is 2. The summed E-state index contributed by atoms with van der Waals surface area (Å²) in [7, 11) is -1.85. The Morgan fingerprint density at radius 1 is 1.58 bits per heavy atom. The Hall–Kier alpha value is -0.810. The van der Waals surface area contributed by atoms with Crippen LogP contribution in [-0.4, -0.2) is 23.2 Å². The number of sulfonamides is 1. The van der Waals surface area contributed by atoms with Crippen LogP contribution >= 0.6 is 27.3 Å². The molecule has 0 saturated heterocycles. The van der Waals surface area contributed by atoms with E-state index in [4.69, 9.17) is 5.73 Å². The molecule has 0 aliphatic rings. The van der Waals surface area contributed by atoms with Gasteiger partial charge in [-0.1, -0.05) is 0 Å². The summed E-state index contributed by atoms with van der Waals surface area (Å²) in [6.07, 6.45) is 1.51. The number of thiophene rings is 1. The first-order valence-corrected chi connectivity index (χ1v) is 8.34. The Balaban J connectivity index is 2.18. The number of halogens is 1. The predicted octanol–water partition coefficient (Wildman–Crippen LogP) is 0.576. The van der Waals surface area contributed by atoms with Crippen LogP contribution in [-0.2, 0) is 30.2 Å². The molecule has 104 valence electrons. The van der Waals surface area contributed by atoms with Crippen molar-refractivity contribution in [3.63, 3.8) is 0 Å². The van der Waals surface area contributed by atoms with Crippen LogP contribution in [0.3, 0.4) is 0 Å². The number of rotatable bonds is 5. The molecule has 7 nitrogen and oxygen atoms in total.